The number of aliphatic hydroxyl groups excluding tert-OH is 1. The summed E-state index contributed by atoms with van der Waals surface area (Å²) in [5, 5.41) is 21.3. The molecule has 1 aliphatic heterocycles. The molecule has 1 saturated heterocycles. The second-order valence-corrected chi connectivity index (χ2v) is 14.8. The number of alkyl carbamates (subject to hydrolysis) is 1. The molecule has 1 unspecified atom stereocenters. The van der Waals surface area contributed by atoms with Gasteiger partial charge >= 0.3 is 12.0 Å². The number of halogens is 1. The number of quaternary nitrogens is 1. The zero-order valence-electron chi connectivity index (χ0n) is 26.1. The number of sulfonamides is 1. The van der Waals surface area contributed by atoms with Gasteiger partial charge in [0.1, 0.15) is 19.2 Å². The fourth-order valence-electron chi connectivity index (χ4n) is 5.84. The molecule has 15 heteroatoms. The quantitative estimate of drug-likeness (QED) is 0.152. The molecule has 6 atom stereocenters. The first-order chi connectivity index (χ1) is 21.4. The third-order valence-corrected chi connectivity index (χ3v) is 9.31. The van der Waals surface area contributed by atoms with Gasteiger partial charge in [0, 0.05) is 6.42 Å². The van der Waals surface area contributed by atoms with Gasteiger partial charge in [0.15, 0.2) is 12.1 Å². The number of hydrogen-bond donors (Lipinski definition) is 5. The van der Waals surface area contributed by atoms with Crippen molar-refractivity contribution in [1.29, 1.82) is 0 Å². The highest BCUT2D eigenvalue weighted by Crippen LogP contribution is 2.40. The Morgan fingerprint density at radius 2 is 1.59 bits per heavy atom. The third-order valence-electron chi connectivity index (χ3n) is 8.19. The fourth-order valence-corrected chi connectivity index (χ4v) is 6.80. The molecule has 2 aromatic carbocycles. The summed E-state index contributed by atoms with van der Waals surface area (Å²) >= 11 is 6.47. The molecular weight excluding hydrogens is 638 g/mol. The van der Waals surface area contributed by atoms with E-state index in [1.54, 1.807) is 81.4 Å². The third kappa shape index (κ3) is 9.48. The number of rotatable bonds is 13. The predicted octanol–water partition coefficient (Wildman–Crippen LogP) is 1.06. The Labute approximate surface area is 274 Å². The Balaban J connectivity index is 1.92. The van der Waals surface area contributed by atoms with Crippen molar-refractivity contribution in [1.82, 2.24) is 10.6 Å². The summed E-state index contributed by atoms with van der Waals surface area (Å²) < 4.78 is 28.2. The van der Waals surface area contributed by atoms with Crippen LogP contribution in [0.2, 0.25) is 0 Å². The van der Waals surface area contributed by atoms with Crippen LogP contribution >= 0.6 is 11.6 Å². The van der Waals surface area contributed by atoms with Crippen LogP contribution in [0.3, 0.4) is 0 Å². The number of primary amides is 1. The van der Waals surface area contributed by atoms with E-state index in [0.717, 1.165) is 0 Å². The Hall–Kier alpha value is -3.56. The smallest absolute Gasteiger partial charge is 0.408 e. The first-order valence-electron chi connectivity index (χ1n) is 14.8. The summed E-state index contributed by atoms with van der Waals surface area (Å²) in [5.41, 5.74) is 6.15. The highest BCUT2D eigenvalue weighted by Gasteiger charge is 2.62. The SMILES string of the molecule is CC(C)(C)[N+]1(C(=O)[C@@H](O)[C@H](Cc2ccccc2)NC(=O)[C@H](CCS(N)(=O)=O)NC(=O)OCc2ccccc2)C[C@@H](Cl)C[C@H]1C(N)=O. The molecule has 0 radical (unpaired) electrons. The summed E-state index contributed by atoms with van der Waals surface area (Å²) in [6, 6.07) is 13.7. The van der Waals surface area contributed by atoms with Crippen molar-refractivity contribution < 1.29 is 41.9 Å². The van der Waals surface area contributed by atoms with Crippen LogP contribution in [0.4, 0.5) is 4.79 Å². The number of nitrogens with one attached hydrogen (secondary N) is 2. The van der Waals surface area contributed by atoms with Crippen molar-refractivity contribution in [3.05, 3.63) is 71.8 Å². The van der Waals surface area contributed by atoms with Crippen molar-refractivity contribution in [3.63, 3.8) is 0 Å². The van der Waals surface area contributed by atoms with Crippen molar-refractivity contribution in [3.8, 4) is 0 Å². The lowest BCUT2D eigenvalue weighted by molar-refractivity contribution is -0.904. The molecule has 0 aliphatic carbocycles. The highest BCUT2D eigenvalue weighted by molar-refractivity contribution is 7.89. The molecular formula is C31H43ClN5O8S+. The lowest BCUT2D eigenvalue weighted by Crippen LogP contribution is -2.73. The molecule has 0 aromatic heterocycles. The topological polar surface area (TPSA) is 208 Å². The molecule has 0 saturated carbocycles. The number of amides is 4. The van der Waals surface area contributed by atoms with Gasteiger partial charge in [-0.2, -0.15) is 0 Å². The zero-order valence-corrected chi connectivity index (χ0v) is 27.7. The lowest BCUT2D eigenvalue weighted by Gasteiger charge is -2.47. The maximum absolute atomic E-state index is 14.3. The van der Waals surface area contributed by atoms with E-state index >= 15 is 0 Å². The van der Waals surface area contributed by atoms with Gasteiger partial charge in [0.25, 0.3) is 5.91 Å². The van der Waals surface area contributed by atoms with Crippen LogP contribution < -0.4 is 21.5 Å². The Bertz CT molecular complexity index is 1490. The molecule has 1 fully saturated rings. The summed E-state index contributed by atoms with van der Waals surface area (Å²) in [6.07, 6.45) is -3.20. The molecule has 4 amide bonds. The number of primary sulfonamides is 1. The van der Waals surface area contributed by atoms with Crippen LogP contribution in [-0.4, -0.2) is 89.3 Å². The van der Waals surface area contributed by atoms with Gasteiger partial charge in [-0.3, -0.25) is 9.59 Å². The number of carbonyl (C=O) groups is 4. The van der Waals surface area contributed by atoms with Crippen LogP contribution in [0.1, 0.15) is 44.7 Å². The van der Waals surface area contributed by atoms with Gasteiger partial charge in [-0.1, -0.05) is 60.7 Å². The van der Waals surface area contributed by atoms with E-state index in [1.165, 1.54) is 0 Å². The number of benzene rings is 2. The Kier molecular flexibility index (Phi) is 12.3. The number of nitrogens with zero attached hydrogens (tertiary/aromatic N) is 1. The molecule has 13 nitrogen and oxygen atoms in total. The first-order valence-corrected chi connectivity index (χ1v) is 17.0. The van der Waals surface area contributed by atoms with Crippen molar-refractivity contribution in [2.75, 3.05) is 12.3 Å². The standard InChI is InChI=1S/C31H42ClN5O8S/c1-31(2,3)37(18-22(32)17-25(37)27(33)39)29(41)26(38)24(16-20-10-6-4-7-11-20)35-28(40)23(14-15-46(34,43)44)36-30(42)45-19-21-12-8-5-9-13-21/h4-13,22-26,38H,14-19H2,1-3H3,(H5-,33,34,35,36,39,40,42,43,44)/p+1/t22-,23-,24-,25-,26-,37?/m0/s1. The van der Waals surface area contributed by atoms with E-state index in [-0.39, 0.29) is 26.0 Å². The molecule has 0 bridgehead atoms. The summed E-state index contributed by atoms with van der Waals surface area (Å²) in [7, 11) is -4.04. The van der Waals surface area contributed by atoms with Gasteiger partial charge in [0.2, 0.25) is 15.9 Å². The van der Waals surface area contributed by atoms with E-state index < -0.39 is 85.6 Å². The molecule has 2 aromatic rings. The monoisotopic (exact) mass is 680 g/mol. The van der Waals surface area contributed by atoms with E-state index in [0.29, 0.717) is 11.1 Å². The molecule has 1 heterocycles. The van der Waals surface area contributed by atoms with Crippen molar-refractivity contribution in [2.24, 2.45) is 10.9 Å². The molecule has 252 valence electrons. The van der Waals surface area contributed by atoms with Gasteiger partial charge in [-0.05, 0) is 44.7 Å². The Morgan fingerprint density at radius 1 is 1.02 bits per heavy atom. The van der Waals surface area contributed by atoms with Crippen LogP contribution in [0.5, 0.6) is 0 Å². The van der Waals surface area contributed by atoms with Crippen molar-refractivity contribution >= 4 is 45.4 Å². The molecule has 46 heavy (non-hydrogen) atoms. The van der Waals surface area contributed by atoms with E-state index in [4.69, 9.17) is 27.2 Å². The van der Waals surface area contributed by atoms with Crippen LogP contribution in [0.15, 0.2) is 60.7 Å². The number of likely N-dealkylation sites (tertiary alicyclic amines) is 1. The number of aliphatic hydroxyl groups is 1. The molecule has 3 rings (SSSR count). The van der Waals surface area contributed by atoms with Crippen molar-refractivity contribution in [2.45, 2.75) is 81.8 Å². The minimum atomic E-state index is -4.04. The van der Waals surface area contributed by atoms with Crippen LogP contribution in [0.25, 0.3) is 0 Å². The molecule has 0 spiro atoms. The second-order valence-electron chi connectivity index (χ2n) is 12.5. The van der Waals surface area contributed by atoms with Gasteiger partial charge in [-0.15, -0.1) is 11.6 Å². The minimum absolute atomic E-state index is 0.0202. The number of nitrogens with two attached hydrogens (primary N) is 2. The minimum Gasteiger partial charge on any atom is -0.445 e. The van der Waals surface area contributed by atoms with Gasteiger partial charge in [0.05, 0.1) is 22.7 Å². The zero-order chi connectivity index (χ0) is 34.3. The average molecular weight is 681 g/mol. The summed E-state index contributed by atoms with van der Waals surface area (Å²) in [6.45, 7) is 5.12. The highest BCUT2D eigenvalue weighted by atomic mass is 35.5. The van der Waals surface area contributed by atoms with E-state index in [2.05, 4.69) is 10.6 Å². The van der Waals surface area contributed by atoms with Gasteiger partial charge in [-0.25, -0.2) is 27.6 Å². The first kappa shape index (κ1) is 36.9. The number of ether oxygens (including phenoxy) is 1. The number of carbonyl (C=O) groups excluding carboxylic acids is 4. The molecule has 7 N–H and O–H groups in total. The maximum Gasteiger partial charge on any atom is 0.408 e. The Morgan fingerprint density at radius 3 is 2.11 bits per heavy atom. The normalized spacial score (nSPS) is 21.9. The van der Waals surface area contributed by atoms with Crippen LogP contribution in [0, 0.1) is 0 Å². The predicted molar refractivity (Wildman–Crippen MR) is 171 cm³/mol. The van der Waals surface area contributed by atoms with E-state index in [9.17, 15) is 32.7 Å². The summed E-state index contributed by atoms with van der Waals surface area (Å²) in [4.78, 5) is 53.3. The molecule has 1 aliphatic rings. The summed E-state index contributed by atoms with van der Waals surface area (Å²) in [5.74, 6) is -3.06. The average Bonchev–Trinajstić information content (AvgIpc) is 3.36. The fraction of sp³-hybridized carbons (Fsp3) is 0.484. The van der Waals surface area contributed by atoms with Crippen LogP contribution in [-0.2, 0) is 42.2 Å². The number of hydrogen-bond acceptors (Lipinski definition) is 8. The lowest BCUT2D eigenvalue weighted by atomic mass is 9.93. The largest absolute Gasteiger partial charge is 0.445 e. The maximum atomic E-state index is 14.3. The number of alkyl halides is 1. The van der Waals surface area contributed by atoms with Gasteiger partial charge < -0.3 is 26.2 Å². The second kappa shape index (κ2) is 15.4. The van der Waals surface area contributed by atoms with E-state index in [1.807, 2.05) is 0 Å².